The molecular weight excluding hydrogens is 200 g/mol. The maximum absolute atomic E-state index is 11.1. The first-order chi connectivity index (χ1) is 7.20. The van der Waals surface area contributed by atoms with Crippen LogP contribution >= 0.6 is 0 Å². The lowest BCUT2D eigenvalue weighted by molar-refractivity contribution is -0.126. The van der Waals surface area contributed by atoms with Crippen LogP contribution in [0.2, 0.25) is 0 Å². The van der Waals surface area contributed by atoms with Crippen molar-refractivity contribution in [1.29, 1.82) is 0 Å². The van der Waals surface area contributed by atoms with Crippen molar-refractivity contribution in [3.05, 3.63) is 0 Å². The summed E-state index contributed by atoms with van der Waals surface area (Å²) >= 11 is 0. The summed E-state index contributed by atoms with van der Waals surface area (Å²) < 4.78 is 4.94. The van der Waals surface area contributed by atoms with Gasteiger partial charge >= 0.3 is 0 Å². The Balaban J connectivity index is 3.30. The molecule has 0 aromatic rings. The van der Waals surface area contributed by atoms with Crippen LogP contribution in [0.5, 0.6) is 0 Å². The molecule has 0 aliphatic carbocycles. The lowest BCUT2D eigenvalue weighted by atomic mass is 10.3. The van der Waals surface area contributed by atoms with E-state index in [9.17, 15) is 9.59 Å². The summed E-state index contributed by atoms with van der Waals surface area (Å²) in [5, 5.41) is 13.4. The minimum absolute atomic E-state index is 0.0232. The first kappa shape index (κ1) is 13.9. The number of aliphatic hydroxyl groups is 1. The number of carbonyl (C=O) groups excluding carboxylic acids is 2. The molecule has 0 heterocycles. The maximum atomic E-state index is 11.1. The van der Waals surface area contributed by atoms with Crippen molar-refractivity contribution in [1.82, 2.24) is 10.6 Å². The highest BCUT2D eigenvalue weighted by Gasteiger charge is 2.04. The smallest absolute Gasteiger partial charge is 0.220 e. The van der Waals surface area contributed by atoms with Gasteiger partial charge in [-0.15, -0.1) is 0 Å². The Morgan fingerprint density at radius 2 is 1.87 bits per heavy atom. The third kappa shape index (κ3) is 9.17. The van der Waals surface area contributed by atoms with Crippen molar-refractivity contribution in [2.45, 2.75) is 12.8 Å². The predicted molar refractivity (Wildman–Crippen MR) is 54.2 cm³/mol. The number of hydrogen-bond donors (Lipinski definition) is 3. The van der Waals surface area contributed by atoms with E-state index in [1.165, 1.54) is 7.05 Å². The van der Waals surface area contributed by atoms with E-state index in [4.69, 9.17) is 9.84 Å². The fourth-order valence-electron chi connectivity index (χ4n) is 0.870. The van der Waals surface area contributed by atoms with Crippen molar-refractivity contribution in [2.24, 2.45) is 0 Å². The van der Waals surface area contributed by atoms with Crippen molar-refractivity contribution >= 4 is 11.8 Å². The van der Waals surface area contributed by atoms with E-state index in [-0.39, 0.29) is 37.9 Å². The minimum Gasteiger partial charge on any atom is -0.394 e. The summed E-state index contributed by atoms with van der Waals surface area (Å²) in [6.45, 7) is 1.01. The summed E-state index contributed by atoms with van der Waals surface area (Å²) in [6, 6.07) is 0. The van der Waals surface area contributed by atoms with Gasteiger partial charge in [-0.25, -0.2) is 0 Å². The molecule has 0 aliphatic heterocycles. The Labute approximate surface area is 89.0 Å². The van der Waals surface area contributed by atoms with E-state index in [0.717, 1.165) is 0 Å². The third-order valence-electron chi connectivity index (χ3n) is 1.66. The Morgan fingerprint density at radius 3 is 2.47 bits per heavy atom. The van der Waals surface area contributed by atoms with Gasteiger partial charge in [-0.05, 0) is 0 Å². The van der Waals surface area contributed by atoms with Gasteiger partial charge in [0.15, 0.2) is 0 Å². The van der Waals surface area contributed by atoms with Crippen LogP contribution in [0, 0.1) is 0 Å². The van der Waals surface area contributed by atoms with E-state index in [0.29, 0.717) is 13.2 Å². The summed E-state index contributed by atoms with van der Waals surface area (Å²) in [5.74, 6) is -0.326. The standard InChI is InChI=1S/C9H18N2O4/c1-10-8(13)2-3-9(14)11-4-6-15-7-5-12/h12H,2-7H2,1H3,(H,10,13)(H,11,14). The fourth-order valence-corrected chi connectivity index (χ4v) is 0.870. The summed E-state index contributed by atoms with van der Waals surface area (Å²) in [7, 11) is 1.53. The van der Waals surface area contributed by atoms with E-state index in [2.05, 4.69) is 10.6 Å². The molecule has 0 spiro atoms. The summed E-state index contributed by atoms with van der Waals surface area (Å²) in [6.07, 6.45) is 0.375. The van der Waals surface area contributed by atoms with Gasteiger partial charge in [-0.3, -0.25) is 9.59 Å². The van der Waals surface area contributed by atoms with Crippen LogP contribution in [-0.4, -0.2) is 50.3 Å². The van der Waals surface area contributed by atoms with Crippen LogP contribution < -0.4 is 10.6 Å². The second-order valence-electron chi connectivity index (χ2n) is 2.86. The zero-order valence-electron chi connectivity index (χ0n) is 8.91. The van der Waals surface area contributed by atoms with Crippen LogP contribution in [0.4, 0.5) is 0 Å². The molecule has 88 valence electrons. The van der Waals surface area contributed by atoms with Crippen molar-refractivity contribution in [3.8, 4) is 0 Å². The monoisotopic (exact) mass is 218 g/mol. The van der Waals surface area contributed by atoms with Gasteiger partial charge in [-0.2, -0.15) is 0 Å². The molecule has 0 aromatic carbocycles. The van der Waals surface area contributed by atoms with Gasteiger partial charge in [0.2, 0.25) is 11.8 Å². The Morgan fingerprint density at radius 1 is 1.20 bits per heavy atom. The van der Waals surface area contributed by atoms with Crippen molar-refractivity contribution < 1.29 is 19.4 Å². The molecule has 15 heavy (non-hydrogen) atoms. The molecule has 0 fully saturated rings. The molecule has 0 radical (unpaired) electrons. The number of ether oxygens (including phenoxy) is 1. The van der Waals surface area contributed by atoms with E-state index >= 15 is 0 Å². The number of carbonyl (C=O) groups is 2. The number of amides is 2. The largest absolute Gasteiger partial charge is 0.394 e. The Kier molecular flexibility index (Phi) is 8.70. The molecule has 6 heteroatoms. The quantitative estimate of drug-likeness (QED) is 0.439. The van der Waals surface area contributed by atoms with Crippen LogP contribution in [0.1, 0.15) is 12.8 Å². The second kappa shape index (κ2) is 9.42. The molecule has 0 atom stereocenters. The van der Waals surface area contributed by atoms with Crippen LogP contribution in [0.3, 0.4) is 0 Å². The molecule has 0 bridgehead atoms. The van der Waals surface area contributed by atoms with Gasteiger partial charge < -0.3 is 20.5 Å². The first-order valence-electron chi connectivity index (χ1n) is 4.86. The highest BCUT2D eigenvalue weighted by atomic mass is 16.5. The lowest BCUT2D eigenvalue weighted by Gasteiger charge is -2.05. The highest BCUT2D eigenvalue weighted by Crippen LogP contribution is 1.87. The van der Waals surface area contributed by atoms with Gasteiger partial charge in [0.05, 0.1) is 19.8 Å². The topological polar surface area (TPSA) is 87.7 Å². The number of rotatable bonds is 8. The lowest BCUT2D eigenvalue weighted by Crippen LogP contribution is -2.29. The van der Waals surface area contributed by atoms with E-state index < -0.39 is 0 Å². The van der Waals surface area contributed by atoms with Gasteiger partial charge in [-0.1, -0.05) is 0 Å². The average Bonchev–Trinajstić information content (AvgIpc) is 2.25. The molecule has 6 nitrogen and oxygen atoms in total. The zero-order chi connectivity index (χ0) is 11.5. The molecule has 0 aliphatic rings. The number of aliphatic hydroxyl groups excluding tert-OH is 1. The molecule has 0 aromatic heterocycles. The van der Waals surface area contributed by atoms with Crippen LogP contribution in [0.15, 0.2) is 0 Å². The zero-order valence-corrected chi connectivity index (χ0v) is 8.91. The molecule has 0 saturated carbocycles. The average molecular weight is 218 g/mol. The van der Waals surface area contributed by atoms with Crippen LogP contribution in [0.25, 0.3) is 0 Å². The number of nitrogens with one attached hydrogen (secondary N) is 2. The van der Waals surface area contributed by atoms with E-state index in [1.807, 2.05) is 0 Å². The Hall–Kier alpha value is -1.14. The number of hydrogen-bond acceptors (Lipinski definition) is 4. The predicted octanol–water partition coefficient (Wildman–Crippen LogP) is -1.36. The fraction of sp³-hybridized carbons (Fsp3) is 0.778. The van der Waals surface area contributed by atoms with E-state index in [1.54, 1.807) is 0 Å². The normalized spacial score (nSPS) is 9.73. The van der Waals surface area contributed by atoms with Crippen LogP contribution in [-0.2, 0) is 14.3 Å². The molecule has 2 amide bonds. The highest BCUT2D eigenvalue weighted by molar-refractivity contribution is 5.83. The summed E-state index contributed by atoms with van der Waals surface area (Å²) in [4.78, 5) is 21.9. The molecule has 0 rings (SSSR count). The van der Waals surface area contributed by atoms with Crippen molar-refractivity contribution in [2.75, 3.05) is 33.4 Å². The molecule has 0 unspecified atom stereocenters. The second-order valence-corrected chi connectivity index (χ2v) is 2.86. The summed E-state index contributed by atoms with van der Waals surface area (Å²) in [5.41, 5.74) is 0. The molecule has 3 N–H and O–H groups in total. The SMILES string of the molecule is CNC(=O)CCC(=O)NCCOCCO. The first-order valence-corrected chi connectivity index (χ1v) is 4.86. The third-order valence-corrected chi connectivity index (χ3v) is 1.66. The van der Waals surface area contributed by atoms with Gasteiger partial charge in [0, 0.05) is 26.4 Å². The van der Waals surface area contributed by atoms with Gasteiger partial charge in [0.1, 0.15) is 0 Å². The minimum atomic E-state index is -0.175. The van der Waals surface area contributed by atoms with Gasteiger partial charge in [0.25, 0.3) is 0 Å². The molecule has 0 saturated heterocycles. The van der Waals surface area contributed by atoms with Crippen molar-refractivity contribution in [3.63, 3.8) is 0 Å². The molecular formula is C9H18N2O4. The Bertz CT molecular complexity index is 197. The maximum Gasteiger partial charge on any atom is 0.220 e.